The molecule has 0 atom stereocenters. The molecule has 0 unspecified atom stereocenters. The Hall–Kier alpha value is -1.18. The van der Waals surface area contributed by atoms with Crippen LogP contribution in [-0.4, -0.2) is 57.1 Å². The van der Waals surface area contributed by atoms with Gasteiger partial charge in [-0.15, -0.1) is 0 Å². The molecule has 0 aliphatic carbocycles. The molecule has 0 aromatic carbocycles. The van der Waals surface area contributed by atoms with Gasteiger partial charge in [0.15, 0.2) is 0 Å². The second-order valence-electron chi connectivity index (χ2n) is 4.54. The molecule has 1 fully saturated rings. The summed E-state index contributed by atoms with van der Waals surface area (Å²) in [7, 11) is -3.45. The van der Waals surface area contributed by atoms with Crippen molar-refractivity contribution in [1.82, 2.24) is 9.29 Å². The van der Waals surface area contributed by atoms with Gasteiger partial charge in [-0.2, -0.15) is 4.31 Å². The normalized spacial score (nSPS) is 17.1. The fourth-order valence-corrected chi connectivity index (χ4v) is 3.55. The van der Waals surface area contributed by atoms with Gasteiger partial charge in [-0.3, -0.25) is 0 Å². The minimum absolute atomic E-state index is 0.246. The Labute approximate surface area is 120 Å². The number of aromatic nitrogens is 1. The first kappa shape index (κ1) is 15.2. The van der Waals surface area contributed by atoms with Gasteiger partial charge in [0.1, 0.15) is 10.7 Å². The van der Waals surface area contributed by atoms with Crippen LogP contribution in [0.4, 0.5) is 5.82 Å². The van der Waals surface area contributed by atoms with Gasteiger partial charge in [0.2, 0.25) is 10.0 Å². The van der Waals surface area contributed by atoms with E-state index >= 15 is 0 Å². The Bertz CT molecular complexity index is 520. The summed E-state index contributed by atoms with van der Waals surface area (Å²) in [6, 6.07) is 3.39. The van der Waals surface area contributed by atoms with Crippen LogP contribution in [0.1, 0.15) is 13.8 Å². The monoisotopic (exact) mass is 299 g/mol. The van der Waals surface area contributed by atoms with Crippen molar-refractivity contribution < 1.29 is 13.2 Å². The van der Waals surface area contributed by atoms with Gasteiger partial charge in [0, 0.05) is 32.4 Å². The smallest absolute Gasteiger partial charge is 0.244 e. The van der Waals surface area contributed by atoms with E-state index in [-0.39, 0.29) is 4.90 Å². The van der Waals surface area contributed by atoms with Gasteiger partial charge in [-0.25, -0.2) is 13.4 Å². The Morgan fingerprint density at radius 3 is 2.40 bits per heavy atom. The van der Waals surface area contributed by atoms with Gasteiger partial charge in [-0.1, -0.05) is 0 Å². The van der Waals surface area contributed by atoms with Crippen molar-refractivity contribution >= 4 is 15.8 Å². The van der Waals surface area contributed by atoms with Crippen molar-refractivity contribution in [3.63, 3.8) is 0 Å². The lowest BCUT2D eigenvalue weighted by Crippen LogP contribution is -2.40. The summed E-state index contributed by atoms with van der Waals surface area (Å²) in [4.78, 5) is 6.59. The van der Waals surface area contributed by atoms with Crippen LogP contribution in [0.2, 0.25) is 0 Å². The highest BCUT2D eigenvalue weighted by Gasteiger charge is 2.26. The minimum atomic E-state index is -3.45. The van der Waals surface area contributed by atoms with Crippen LogP contribution in [-0.2, 0) is 14.8 Å². The summed E-state index contributed by atoms with van der Waals surface area (Å²) in [5, 5.41) is 0. The summed E-state index contributed by atoms with van der Waals surface area (Å²) in [5.74, 6) is 0.802. The Balaban J connectivity index is 2.20. The number of morpholine rings is 1. The molecule has 2 rings (SSSR count). The quantitative estimate of drug-likeness (QED) is 0.810. The molecule has 2 heterocycles. The molecular formula is C13H21N3O3S. The fourth-order valence-electron chi connectivity index (χ4n) is 2.20. The molecule has 0 spiro atoms. The van der Waals surface area contributed by atoms with Crippen molar-refractivity contribution in [2.24, 2.45) is 0 Å². The highest BCUT2D eigenvalue weighted by atomic mass is 32.2. The molecule has 6 nitrogen and oxygen atoms in total. The summed E-state index contributed by atoms with van der Waals surface area (Å²) in [6.45, 7) is 7.49. The average molecular weight is 299 g/mol. The van der Waals surface area contributed by atoms with Crippen molar-refractivity contribution in [2.75, 3.05) is 44.3 Å². The van der Waals surface area contributed by atoms with E-state index in [0.29, 0.717) is 26.3 Å². The SMILES string of the molecule is CCN(CC)c1ccc(S(=O)(=O)N2CCOCC2)cn1. The standard InChI is InChI=1S/C13H21N3O3S/c1-3-15(4-2)13-6-5-12(11-14-13)20(17,18)16-7-9-19-10-8-16/h5-6,11H,3-4,7-10H2,1-2H3. The van der Waals surface area contributed by atoms with Crippen LogP contribution in [0.5, 0.6) is 0 Å². The molecule has 20 heavy (non-hydrogen) atoms. The Morgan fingerprint density at radius 1 is 1.25 bits per heavy atom. The van der Waals surface area contributed by atoms with Crippen molar-refractivity contribution in [3.8, 4) is 0 Å². The largest absolute Gasteiger partial charge is 0.379 e. The fraction of sp³-hybridized carbons (Fsp3) is 0.615. The topological polar surface area (TPSA) is 62.7 Å². The van der Waals surface area contributed by atoms with E-state index in [1.54, 1.807) is 12.1 Å². The van der Waals surface area contributed by atoms with E-state index in [9.17, 15) is 8.42 Å². The predicted octanol–water partition coefficient (Wildman–Crippen LogP) is 0.949. The van der Waals surface area contributed by atoms with Crippen LogP contribution < -0.4 is 4.90 Å². The number of pyridine rings is 1. The van der Waals surface area contributed by atoms with Crippen LogP contribution in [0.25, 0.3) is 0 Å². The molecule has 1 aliphatic heterocycles. The molecule has 1 aliphatic rings. The zero-order valence-corrected chi connectivity index (χ0v) is 12.8. The van der Waals surface area contributed by atoms with Crippen molar-refractivity contribution in [2.45, 2.75) is 18.7 Å². The molecule has 1 aromatic rings. The molecule has 1 aromatic heterocycles. The lowest BCUT2D eigenvalue weighted by Gasteiger charge is -2.26. The maximum absolute atomic E-state index is 12.4. The second kappa shape index (κ2) is 6.51. The first-order valence-corrected chi connectivity index (χ1v) is 8.32. The van der Waals surface area contributed by atoms with Gasteiger partial charge < -0.3 is 9.64 Å². The van der Waals surface area contributed by atoms with Crippen molar-refractivity contribution in [1.29, 1.82) is 0 Å². The number of hydrogen-bond donors (Lipinski definition) is 0. The molecule has 0 amide bonds. The predicted molar refractivity (Wildman–Crippen MR) is 77.4 cm³/mol. The summed E-state index contributed by atoms with van der Waals surface area (Å²) in [6.07, 6.45) is 1.44. The van der Waals surface area contributed by atoms with Crippen LogP contribution >= 0.6 is 0 Å². The van der Waals surface area contributed by atoms with Gasteiger partial charge in [0.05, 0.1) is 13.2 Å². The third kappa shape index (κ3) is 3.11. The van der Waals surface area contributed by atoms with E-state index < -0.39 is 10.0 Å². The second-order valence-corrected chi connectivity index (χ2v) is 6.48. The van der Waals surface area contributed by atoms with Gasteiger partial charge >= 0.3 is 0 Å². The van der Waals surface area contributed by atoms with E-state index in [1.807, 2.05) is 13.8 Å². The van der Waals surface area contributed by atoms with E-state index in [1.165, 1.54) is 10.5 Å². The maximum atomic E-state index is 12.4. The molecule has 0 radical (unpaired) electrons. The third-order valence-electron chi connectivity index (χ3n) is 3.42. The van der Waals surface area contributed by atoms with Crippen molar-refractivity contribution in [3.05, 3.63) is 18.3 Å². The lowest BCUT2D eigenvalue weighted by molar-refractivity contribution is 0.0730. The van der Waals surface area contributed by atoms with Crippen LogP contribution in [0.3, 0.4) is 0 Å². The minimum Gasteiger partial charge on any atom is -0.379 e. The van der Waals surface area contributed by atoms with Gasteiger partial charge in [0.25, 0.3) is 0 Å². The molecular weight excluding hydrogens is 278 g/mol. The number of sulfonamides is 1. The first-order valence-electron chi connectivity index (χ1n) is 6.88. The van der Waals surface area contributed by atoms with Crippen LogP contribution in [0.15, 0.2) is 23.2 Å². The summed E-state index contributed by atoms with van der Waals surface area (Å²) >= 11 is 0. The highest BCUT2D eigenvalue weighted by molar-refractivity contribution is 7.89. The van der Waals surface area contributed by atoms with Crippen LogP contribution in [0, 0.1) is 0 Å². The summed E-state index contributed by atoms with van der Waals surface area (Å²) in [5.41, 5.74) is 0. The lowest BCUT2D eigenvalue weighted by atomic mass is 10.4. The van der Waals surface area contributed by atoms with E-state index in [4.69, 9.17) is 4.74 Å². The first-order chi connectivity index (χ1) is 9.59. The summed E-state index contributed by atoms with van der Waals surface area (Å²) < 4.78 is 31.5. The van der Waals surface area contributed by atoms with Gasteiger partial charge in [-0.05, 0) is 26.0 Å². The number of hydrogen-bond acceptors (Lipinski definition) is 5. The number of rotatable bonds is 5. The van der Waals surface area contributed by atoms with E-state index in [0.717, 1.165) is 18.9 Å². The Morgan fingerprint density at radius 2 is 1.90 bits per heavy atom. The zero-order valence-electron chi connectivity index (χ0n) is 11.9. The third-order valence-corrected chi connectivity index (χ3v) is 5.30. The number of ether oxygens (including phenoxy) is 1. The maximum Gasteiger partial charge on any atom is 0.244 e. The molecule has 1 saturated heterocycles. The molecule has 0 N–H and O–H groups in total. The number of nitrogens with zero attached hydrogens (tertiary/aromatic N) is 3. The highest BCUT2D eigenvalue weighted by Crippen LogP contribution is 2.19. The molecule has 0 saturated carbocycles. The molecule has 112 valence electrons. The molecule has 0 bridgehead atoms. The average Bonchev–Trinajstić information content (AvgIpc) is 2.50. The molecule has 7 heteroatoms. The zero-order chi connectivity index (χ0) is 14.6. The Kier molecular flexibility index (Phi) is 4.95. The number of anilines is 1. The van der Waals surface area contributed by atoms with E-state index in [2.05, 4.69) is 9.88 Å².